The highest BCUT2D eigenvalue weighted by molar-refractivity contribution is 9.10. The lowest BCUT2D eigenvalue weighted by Crippen LogP contribution is -2.39. The number of nitrogens with two attached hydrogens (primary N) is 1. The molecule has 0 atom stereocenters. The van der Waals surface area contributed by atoms with Crippen molar-refractivity contribution in [3.05, 3.63) is 26.7 Å². The Bertz CT molecular complexity index is 554. The Labute approximate surface area is 132 Å². The largest absolute Gasteiger partial charge is 0.392 e. The van der Waals surface area contributed by atoms with Crippen LogP contribution in [0.3, 0.4) is 0 Å². The first-order valence-corrected chi connectivity index (χ1v) is 6.79. The van der Waals surface area contributed by atoms with E-state index < -0.39 is 11.8 Å². The molecule has 1 rings (SSSR count). The predicted molar refractivity (Wildman–Crippen MR) is 82.6 cm³/mol. The lowest BCUT2D eigenvalue weighted by atomic mass is 10.3. The van der Waals surface area contributed by atoms with Crippen LogP contribution in [0.2, 0.25) is 10.0 Å². The summed E-state index contributed by atoms with van der Waals surface area (Å²) in [5.74, 6) is -1.76. The van der Waals surface area contributed by atoms with Gasteiger partial charge in [-0.25, -0.2) is 0 Å². The summed E-state index contributed by atoms with van der Waals surface area (Å²) in [4.78, 5) is 23.0. The predicted octanol–water partition coefficient (Wildman–Crippen LogP) is 2.10. The Kier molecular flexibility index (Phi) is 5.99. The van der Waals surface area contributed by atoms with Crippen LogP contribution in [0.25, 0.3) is 0 Å². The summed E-state index contributed by atoms with van der Waals surface area (Å²) in [6.45, 7) is -0.0591. The van der Waals surface area contributed by atoms with Gasteiger partial charge in [-0.3, -0.25) is 9.59 Å². The van der Waals surface area contributed by atoms with Gasteiger partial charge in [-0.05, 0) is 28.1 Å². The normalized spacial score (nSPS) is 9.84. The molecule has 0 radical (unpaired) electrons. The van der Waals surface area contributed by atoms with E-state index in [-0.39, 0.29) is 27.3 Å². The number of halogens is 3. The molecule has 0 aliphatic rings. The number of hydrogen-bond acceptors (Lipinski definition) is 3. The number of thiocarbonyl (C=S) groups is 1. The molecule has 4 N–H and O–H groups in total. The summed E-state index contributed by atoms with van der Waals surface area (Å²) in [7, 11) is 0. The highest BCUT2D eigenvalue weighted by Gasteiger charge is 2.16. The number of nitrogens with one attached hydrogen (secondary N) is 2. The topological polar surface area (TPSA) is 84.2 Å². The van der Waals surface area contributed by atoms with Crippen molar-refractivity contribution in [2.45, 2.75) is 0 Å². The Hall–Kier alpha value is -0.890. The minimum atomic E-state index is -0.892. The molecule has 0 saturated heterocycles. The van der Waals surface area contributed by atoms with Gasteiger partial charge in [-0.2, -0.15) is 0 Å². The smallest absolute Gasteiger partial charge is 0.313 e. The minimum absolute atomic E-state index is 0.0591. The fourth-order valence-electron chi connectivity index (χ4n) is 1.05. The maximum atomic E-state index is 11.6. The van der Waals surface area contributed by atoms with Crippen LogP contribution in [-0.4, -0.2) is 23.3 Å². The summed E-state index contributed by atoms with van der Waals surface area (Å²) >= 11 is 19.6. The molecule has 0 saturated carbocycles. The van der Waals surface area contributed by atoms with Crippen LogP contribution in [-0.2, 0) is 9.59 Å². The zero-order chi connectivity index (χ0) is 14.6. The third-order valence-electron chi connectivity index (χ3n) is 1.91. The van der Waals surface area contributed by atoms with Crippen LogP contribution in [0, 0.1) is 0 Å². The van der Waals surface area contributed by atoms with E-state index in [1.54, 1.807) is 6.07 Å². The Morgan fingerprint density at radius 1 is 1.26 bits per heavy atom. The standard InChI is InChI=1S/C10H8BrCl2N3O2S/c11-4-1-2-5(8(13)7(4)12)16-10(18)9(17)15-3-6(14)19/h1-2H,3H2,(H2,14,19)(H,15,17)(H,16,18). The highest BCUT2D eigenvalue weighted by Crippen LogP contribution is 2.35. The summed E-state index contributed by atoms with van der Waals surface area (Å²) in [5.41, 5.74) is 5.42. The summed E-state index contributed by atoms with van der Waals surface area (Å²) < 4.78 is 0.579. The van der Waals surface area contributed by atoms with Crippen LogP contribution in [0.1, 0.15) is 0 Å². The fourth-order valence-corrected chi connectivity index (χ4v) is 1.94. The van der Waals surface area contributed by atoms with E-state index >= 15 is 0 Å². The van der Waals surface area contributed by atoms with Gasteiger partial charge in [0.2, 0.25) is 0 Å². The number of amides is 2. The van der Waals surface area contributed by atoms with Gasteiger partial charge in [-0.1, -0.05) is 35.4 Å². The van der Waals surface area contributed by atoms with Crippen LogP contribution in [0.4, 0.5) is 5.69 Å². The molecule has 0 spiro atoms. The molecular formula is C10H8BrCl2N3O2S. The van der Waals surface area contributed by atoms with Gasteiger partial charge in [0.25, 0.3) is 0 Å². The maximum Gasteiger partial charge on any atom is 0.313 e. The van der Waals surface area contributed by atoms with Gasteiger partial charge >= 0.3 is 11.8 Å². The van der Waals surface area contributed by atoms with Crippen molar-refractivity contribution >= 4 is 73.8 Å². The minimum Gasteiger partial charge on any atom is -0.392 e. The Morgan fingerprint density at radius 2 is 1.89 bits per heavy atom. The third-order valence-corrected chi connectivity index (χ3v) is 3.83. The molecule has 1 aromatic carbocycles. The molecule has 1 aromatic rings. The lowest BCUT2D eigenvalue weighted by molar-refractivity contribution is -0.135. The molecule has 0 aromatic heterocycles. The maximum absolute atomic E-state index is 11.6. The first-order chi connectivity index (χ1) is 8.82. The molecule has 0 aliphatic carbocycles. The fraction of sp³-hybridized carbons (Fsp3) is 0.100. The first kappa shape index (κ1) is 16.2. The van der Waals surface area contributed by atoms with Crippen molar-refractivity contribution in [1.29, 1.82) is 0 Å². The molecule has 0 heterocycles. The molecule has 19 heavy (non-hydrogen) atoms. The van der Waals surface area contributed by atoms with Crippen molar-refractivity contribution in [3.8, 4) is 0 Å². The van der Waals surface area contributed by atoms with Crippen LogP contribution in [0.15, 0.2) is 16.6 Å². The molecule has 0 fully saturated rings. The van der Waals surface area contributed by atoms with Gasteiger partial charge in [0.1, 0.15) is 0 Å². The zero-order valence-electron chi connectivity index (χ0n) is 9.30. The molecule has 102 valence electrons. The van der Waals surface area contributed by atoms with E-state index in [2.05, 4.69) is 38.8 Å². The molecule has 9 heteroatoms. The van der Waals surface area contributed by atoms with Crippen LogP contribution >= 0.6 is 51.3 Å². The molecule has 0 unspecified atom stereocenters. The van der Waals surface area contributed by atoms with Crippen molar-refractivity contribution in [1.82, 2.24) is 5.32 Å². The highest BCUT2D eigenvalue weighted by atomic mass is 79.9. The second-order valence-electron chi connectivity index (χ2n) is 3.33. The number of benzene rings is 1. The number of carbonyl (C=O) groups excluding carboxylic acids is 2. The van der Waals surface area contributed by atoms with Crippen molar-refractivity contribution in [2.75, 3.05) is 11.9 Å². The Balaban J connectivity index is 2.75. The first-order valence-electron chi connectivity index (χ1n) is 4.84. The summed E-state index contributed by atoms with van der Waals surface area (Å²) in [5, 5.41) is 4.94. The van der Waals surface area contributed by atoms with E-state index in [0.717, 1.165) is 0 Å². The number of rotatable bonds is 3. The van der Waals surface area contributed by atoms with Gasteiger partial charge in [0, 0.05) is 4.47 Å². The Morgan fingerprint density at radius 3 is 2.47 bits per heavy atom. The monoisotopic (exact) mass is 383 g/mol. The SMILES string of the molecule is NC(=S)CNC(=O)C(=O)Nc1ccc(Br)c(Cl)c1Cl. The van der Waals surface area contributed by atoms with E-state index in [9.17, 15) is 9.59 Å². The number of hydrogen-bond donors (Lipinski definition) is 3. The van der Waals surface area contributed by atoms with Crippen molar-refractivity contribution in [2.24, 2.45) is 5.73 Å². The van der Waals surface area contributed by atoms with Crippen LogP contribution < -0.4 is 16.4 Å². The van der Waals surface area contributed by atoms with E-state index in [4.69, 9.17) is 28.9 Å². The summed E-state index contributed by atoms with van der Waals surface area (Å²) in [6, 6.07) is 3.10. The van der Waals surface area contributed by atoms with Gasteiger partial charge in [-0.15, -0.1) is 0 Å². The number of carbonyl (C=O) groups is 2. The molecule has 2 amide bonds. The second-order valence-corrected chi connectivity index (χ2v) is 5.46. The average Bonchev–Trinajstić information content (AvgIpc) is 2.36. The van der Waals surface area contributed by atoms with Crippen LogP contribution in [0.5, 0.6) is 0 Å². The summed E-state index contributed by atoms with van der Waals surface area (Å²) in [6.07, 6.45) is 0. The number of anilines is 1. The van der Waals surface area contributed by atoms with Gasteiger partial charge in [0.15, 0.2) is 0 Å². The molecule has 0 aliphatic heterocycles. The average molecular weight is 385 g/mol. The molecular weight excluding hydrogens is 377 g/mol. The third kappa shape index (κ3) is 4.61. The lowest BCUT2D eigenvalue weighted by Gasteiger charge is -2.09. The van der Waals surface area contributed by atoms with Gasteiger partial charge < -0.3 is 16.4 Å². The van der Waals surface area contributed by atoms with Gasteiger partial charge in [0.05, 0.1) is 27.3 Å². The van der Waals surface area contributed by atoms with E-state index in [1.165, 1.54) is 6.07 Å². The van der Waals surface area contributed by atoms with E-state index in [0.29, 0.717) is 4.47 Å². The van der Waals surface area contributed by atoms with E-state index in [1.807, 2.05) is 0 Å². The molecule has 0 bridgehead atoms. The van der Waals surface area contributed by atoms with Crippen molar-refractivity contribution in [3.63, 3.8) is 0 Å². The zero-order valence-corrected chi connectivity index (χ0v) is 13.2. The second kappa shape index (κ2) is 7.04. The quantitative estimate of drug-likeness (QED) is 0.423. The molecule has 5 nitrogen and oxygen atoms in total. The van der Waals surface area contributed by atoms with Crippen molar-refractivity contribution < 1.29 is 9.59 Å².